The van der Waals surface area contributed by atoms with Crippen LogP contribution < -0.4 is 16.0 Å². The largest absolute Gasteiger partial charge is 0.371 e. The van der Waals surface area contributed by atoms with E-state index in [1.807, 2.05) is 0 Å². The van der Waals surface area contributed by atoms with Crippen molar-refractivity contribution in [2.24, 2.45) is 5.73 Å². The Kier molecular flexibility index (Phi) is 3.64. The molecule has 1 amide bonds. The molecule has 1 unspecified atom stereocenters. The summed E-state index contributed by atoms with van der Waals surface area (Å²) in [6.45, 7) is 1.90. The second-order valence-corrected chi connectivity index (χ2v) is 4.40. The van der Waals surface area contributed by atoms with Gasteiger partial charge in [0.15, 0.2) is 0 Å². The molecule has 0 saturated heterocycles. The molecule has 1 aromatic rings. The number of nitrogens with two attached hydrogens (primary N) is 1. The molecule has 2 rings (SSSR count). The third-order valence-corrected chi connectivity index (χ3v) is 3.36. The zero-order chi connectivity index (χ0) is 12.3. The summed E-state index contributed by atoms with van der Waals surface area (Å²) >= 11 is 0. The number of para-hydroxylation sites is 1. The highest BCUT2D eigenvalue weighted by atomic mass is 16.1. The molecule has 4 heteroatoms. The fourth-order valence-corrected chi connectivity index (χ4v) is 2.35. The van der Waals surface area contributed by atoms with Crippen LogP contribution in [0.25, 0.3) is 0 Å². The van der Waals surface area contributed by atoms with Gasteiger partial charge in [-0.3, -0.25) is 4.79 Å². The Morgan fingerprint density at radius 3 is 3.00 bits per heavy atom. The molecule has 1 aliphatic rings. The highest BCUT2D eigenvalue weighted by Crippen LogP contribution is 2.27. The van der Waals surface area contributed by atoms with Gasteiger partial charge in [0, 0.05) is 18.8 Å². The topological polar surface area (TPSA) is 58.4 Å². The number of benzene rings is 1. The molecule has 4 nitrogen and oxygen atoms in total. The quantitative estimate of drug-likeness (QED) is 0.779. The van der Waals surface area contributed by atoms with Crippen molar-refractivity contribution >= 4 is 11.6 Å². The average molecular weight is 233 g/mol. The molecule has 0 saturated carbocycles. The van der Waals surface area contributed by atoms with Crippen molar-refractivity contribution in [3.8, 4) is 0 Å². The van der Waals surface area contributed by atoms with Crippen LogP contribution in [0.2, 0.25) is 0 Å². The van der Waals surface area contributed by atoms with E-state index in [1.165, 1.54) is 11.3 Å². The van der Waals surface area contributed by atoms with Crippen LogP contribution in [0.15, 0.2) is 24.3 Å². The zero-order valence-corrected chi connectivity index (χ0v) is 10.1. The van der Waals surface area contributed by atoms with Crippen molar-refractivity contribution < 1.29 is 4.79 Å². The first-order valence-corrected chi connectivity index (χ1v) is 6.02. The zero-order valence-electron chi connectivity index (χ0n) is 10.1. The van der Waals surface area contributed by atoms with Crippen molar-refractivity contribution in [1.29, 1.82) is 0 Å². The third-order valence-electron chi connectivity index (χ3n) is 3.36. The van der Waals surface area contributed by atoms with Gasteiger partial charge in [0.05, 0.1) is 6.04 Å². The van der Waals surface area contributed by atoms with Gasteiger partial charge in [0.25, 0.3) is 0 Å². The predicted molar refractivity (Wildman–Crippen MR) is 69.0 cm³/mol. The minimum absolute atomic E-state index is 0.234. The number of rotatable bonds is 5. The van der Waals surface area contributed by atoms with Gasteiger partial charge >= 0.3 is 0 Å². The van der Waals surface area contributed by atoms with Gasteiger partial charge < -0.3 is 16.0 Å². The number of anilines is 1. The number of carbonyl (C=O) groups is 1. The van der Waals surface area contributed by atoms with Crippen molar-refractivity contribution in [3.63, 3.8) is 0 Å². The van der Waals surface area contributed by atoms with Gasteiger partial charge in [-0.15, -0.1) is 0 Å². The molecule has 1 aliphatic heterocycles. The van der Waals surface area contributed by atoms with Crippen LogP contribution in [0, 0.1) is 0 Å². The summed E-state index contributed by atoms with van der Waals surface area (Å²) in [6, 6.07) is 8.20. The second-order valence-electron chi connectivity index (χ2n) is 4.40. The summed E-state index contributed by atoms with van der Waals surface area (Å²) in [4.78, 5) is 13.4. The molecule has 0 fully saturated rings. The number of hydrogen-bond acceptors (Lipinski definition) is 3. The normalized spacial score (nSPS) is 15.7. The fourth-order valence-electron chi connectivity index (χ4n) is 2.35. The lowest BCUT2D eigenvalue weighted by atomic mass is 10.1. The molecule has 1 aromatic carbocycles. The van der Waals surface area contributed by atoms with Crippen LogP contribution in [0.3, 0.4) is 0 Å². The van der Waals surface area contributed by atoms with Crippen LogP contribution in [0.1, 0.15) is 12.0 Å². The minimum atomic E-state index is -0.278. The number of primary amides is 1. The summed E-state index contributed by atoms with van der Waals surface area (Å²) in [7, 11) is 1.77. The number of carbonyl (C=O) groups excluding carboxylic acids is 1. The molecular formula is C13H19N3O. The van der Waals surface area contributed by atoms with E-state index in [9.17, 15) is 4.79 Å². The Morgan fingerprint density at radius 1 is 1.53 bits per heavy atom. The van der Waals surface area contributed by atoms with Gasteiger partial charge in [0.2, 0.25) is 5.91 Å². The third kappa shape index (κ3) is 2.58. The summed E-state index contributed by atoms with van der Waals surface area (Å²) in [5.41, 5.74) is 8.00. The van der Waals surface area contributed by atoms with E-state index in [0.29, 0.717) is 0 Å². The van der Waals surface area contributed by atoms with Crippen molar-refractivity contribution in [2.45, 2.75) is 18.9 Å². The molecule has 17 heavy (non-hydrogen) atoms. The summed E-state index contributed by atoms with van der Waals surface area (Å²) in [5, 5.41) is 2.95. The van der Waals surface area contributed by atoms with Gasteiger partial charge in [-0.1, -0.05) is 18.2 Å². The van der Waals surface area contributed by atoms with E-state index in [1.54, 1.807) is 7.05 Å². The molecule has 1 heterocycles. The van der Waals surface area contributed by atoms with Gasteiger partial charge in [-0.25, -0.2) is 0 Å². The molecule has 0 radical (unpaired) electrons. The molecule has 0 bridgehead atoms. The molecule has 92 valence electrons. The monoisotopic (exact) mass is 233 g/mol. The maximum Gasteiger partial charge on any atom is 0.234 e. The Balaban J connectivity index is 1.96. The summed E-state index contributed by atoms with van der Waals surface area (Å²) < 4.78 is 0. The lowest BCUT2D eigenvalue weighted by molar-refractivity contribution is -0.120. The number of nitrogens with one attached hydrogen (secondary N) is 1. The fraction of sp³-hybridized carbons (Fsp3) is 0.462. The van der Waals surface area contributed by atoms with E-state index in [4.69, 9.17) is 5.73 Å². The number of nitrogens with zero attached hydrogens (tertiary/aromatic N) is 1. The predicted octanol–water partition coefficient (Wildman–Crippen LogP) is 0.512. The molecule has 1 atom stereocenters. The van der Waals surface area contributed by atoms with Crippen LogP contribution >= 0.6 is 0 Å². The standard InChI is InChI=1S/C13H19N3O/c1-15-11(13(14)17)7-9-16-8-6-10-4-2-3-5-12(10)16/h2-5,11,15H,6-9H2,1H3,(H2,14,17). The van der Waals surface area contributed by atoms with Crippen LogP contribution in [-0.4, -0.2) is 32.1 Å². The SMILES string of the molecule is CNC(CCN1CCc2ccccc21)C(N)=O. The second kappa shape index (κ2) is 5.19. The summed E-state index contributed by atoms with van der Waals surface area (Å²) in [5.74, 6) is -0.278. The van der Waals surface area contributed by atoms with Gasteiger partial charge in [-0.2, -0.15) is 0 Å². The van der Waals surface area contributed by atoms with Crippen molar-refractivity contribution in [1.82, 2.24) is 5.32 Å². The number of fused-ring (bicyclic) bond motifs is 1. The Labute approximate surface area is 102 Å². The van der Waals surface area contributed by atoms with Crippen LogP contribution in [0.5, 0.6) is 0 Å². The van der Waals surface area contributed by atoms with E-state index < -0.39 is 0 Å². The number of likely N-dealkylation sites (N-methyl/N-ethyl adjacent to an activating group) is 1. The average Bonchev–Trinajstić information content (AvgIpc) is 2.73. The first-order valence-electron chi connectivity index (χ1n) is 6.02. The van der Waals surface area contributed by atoms with Crippen molar-refractivity contribution in [3.05, 3.63) is 29.8 Å². The van der Waals surface area contributed by atoms with E-state index in [2.05, 4.69) is 34.5 Å². The highest BCUT2D eigenvalue weighted by molar-refractivity contribution is 5.79. The lowest BCUT2D eigenvalue weighted by Gasteiger charge is -2.21. The van der Waals surface area contributed by atoms with E-state index in [0.717, 1.165) is 25.9 Å². The molecule has 3 N–H and O–H groups in total. The lowest BCUT2D eigenvalue weighted by Crippen LogP contribution is -2.41. The van der Waals surface area contributed by atoms with Crippen LogP contribution in [-0.2, 0) is 11.2 Å². The maximum absolute atomic E-state index is 11.1. The van der Waals surface area contributed by atoms with Crippen LogP contribution in [0.4, 0.5) is 5.69 Å². The Morgan fingerprint density at radius 2 is 2.29 bits per heavy atom. The number of hydrogen-bond donors (Lipinski definition) is 2. The first kappa shape index (κ1) is 11.9. The van der Waals surface area contributed by atoms with E-state index in [-0.39, 0.29) is 11.9 Å². The van der Waals surface area contributed by atoms with Gasteiger partial charge in [-0.05, 0) is 31.5 Å². The molecule has 0 aliphatic carbocycles. The number of amides is 1. The Hall–Kier alpha value is -1.55. The first-order chi connectivity index (χ1) is 8.22. The summed E-state index contributed by atoms with van der Waals surface area (Å²) in [6.07, 6.45) is 1.84. The van der Waals surface area contributed by atoms with Gasteiger partial charge in [0.1, 0.15) is 0 Å². The molecule has 0 aromatic heterocycles. The smallest absolute Gasteiger partial charge is 0.234 e. The minimum Gasteiger partial charge on any atom is -0.371 e. The van der Waals surface area contributed by atoms with Crippen molar-refractivity contribution in [2.75, 3.05) is 25.0 Å². The Bertz CT molecular complexity index is 405. The maximum atomic E-state index is 11.1. The van der Waals surface area contributed by atoms with E-state index >= 15 is 0 Å². The molecular weight excluding hydrogens is 214 g/mol. The highest BCUT2D eigenvalue weighted by Gasteiger charge is 2.20. The molecule has 0 spiro atoms.